The first-order valence-corrected chi connectivity index (χ1v) is 14.0. The van der Waals surface area contributed by atoms with Crippen molar-refractivity contribution in [2.24, 2.45) is 41.4 Å². The van der Waals surface area contributed by atoms with E-state index in [0.29, 0.717) is 24.2 Å². The van der Waals surface area contributed by atoms with E-state index in [9.17, 15) is 8.78 Å². The van der Waals surface area contributed by atoms with Crippen molar-refractivity contribution in [3.05, 3.63) is 24.3 Å². The lowest BCUT2D eigenvalue weighted by Crippen LogP contribution is -2.41. The average molecular weight is 465 g/mol. The minimum absolute atomic E-state index is 0.0333. The first-order valence-electron chi connectivity index (χ1n) is 14.0. The highest BCUT2D eigenvalue weighted by Gasteiger charge is 2.37. The van der Waals surface area contributed by atoms with E-state index in [4.69, 9.17) is 9.47 Å². The topological polar surface area (TPSA) is 18.5 Å². The zero-order chi connectivity index (χ0) is 23.0. The van der Waals surface area contributed by atoms with Crippen LogP contribution in [0, 0.1) is 41.4 Å². The van der Waals surface area contributed by atoms with Crippen LogP contribution in [-0.2, 0) is 9.47 Å². The van der Waals surface area contributed by atoms with Crippen LogP contribution in [0.15, 0.2) is 24.3 Å². The van der Waals surface area contributed by atoms with E-state index < -0.39 is 6.08 Å². The van der Waals surface area contributed by atoms with Gasteiger partial charge in [-0.1, -0.05) is 12.2 Å². The smallest absolute Gasteiger partial charge is 0.266 e. The maximum absolute atomic E-state index is 12.2. The Morgan fingerprint density at radius 3 is 1.76 bits per heavy atom. The molecule has 4 fully saturated rings. The summed E-state index contributed by atoms with van der Waals surface area (Å²) in [5.74, 6) is 5.19. The van der Waals surface area contributed by atoms with Gasteiger partial charge in [0.1, 0.15) is 0 Å². The molecule has 33 heavy (non-hydrogen) atoms. The van der Waals surface area contributed by atoms with Gasteiger partial charge in [-0.05, 0) is 132 Å². The molecule has 1 aliphatic heterocycles. The highest BCUT2D eigenvalue weighted by atomic mass is 19.3. The van der Waals surface area contributed by atoms with Crippen LogP contribution in [0.1, 0.15) is 96.8 Å². The van der Waals surface area contributed by atoms with Crippen molar-refractivity contribution in [2.45, 2.75) is 103 Å². The molecule has 3 saturated carbocycles. The highest BCUT2D eigenvalue weighted by molar-refractivity contribution is 4.91. The number of hydrogen-bond donors (Lipinski definition) is 0. The van der Waals surface area contributed by atoms with Crippen molar-refractivity contribution in [1.82, 2.24) is 0 Å². The molecule has 0 aromatic carbocycles. The summed E-state index contributed by atoms with van der Waals surface area (Å²) < 4.78 is 37.0. The molecule has 4 rings (SSSR count). The van der Waals surface area contributed by atoms with Crippen LogP contribution in [0.3, 0.4) is 0 Å². The summed E-state index contributed by atoms with van der Waals surface area (Å²) in [7, 11) is 0. The summed E-state index contributed by atoms with van der Waals surface area (Å²) >= 11 is 0. The van der Waals surface area contributed by atoms with Crippen LogP contribution in [0.2, 0.25) is 0 Å². The first-order chi connectivity index (χ1) is 16.1. The van der Waals surface area contributed by atoms with Gasteiger partial charge in [0, 0.05) is 11.8 Å². The Bertz CT molecular complexity index is 612. The quantitative estimate of drug-likeness (QED) is 0.351. The highest BCUT2D eigenvalue weighted by Crippen LogP contribution is 2.44. The fourth-order valence-corrected chi connectivity index (χ4v) is 7.42. The molecule has 4 aliphatic rings. The van der Waals surface area contributed by atoms with E-state index in [-0.39, 0.29) is 6.29 Å². The molecule has 3 aliphatic carbocycles. The molecule has 0 atom stereocenters. The first kappa shape index (κ1) is 25.4. The van der Waals surface area contributed by atoms with Gasteiger partial charge in [-0.3, -0.25) is 0 Å². The van der Waals surface area contributed by atoms with E-state index in [1.807, 2.05) is 0 Å². The Kier molecular flexibility index (Phi) is 9.85. The van der Waals surface area contributed by atoms with Crippen molar-refractivity contribution in [3.63, 3.8) is 0 Å². The van der Waals surface area contributed by atoms with E-state index in [1.165, 1.54) is 51.4 Å². The molecular weight excluding hydrogens is 418 g/mol. The fraction of sp³-hybridized carbons (Fsp3) is 0.862. The predicted molar refractivity (Wildman–Crippen MR) is 130 cm³/mol. The predicted octanol–water partition coefficient (Wildman–Crippen LogP) is 8.53. The molecule has 0 aromatic rings. The molecule has 0 aromatic heterocycles. The lowest BCUT2D eigenvalue weighted by molar-refractivity contribution is -0.237. The molecule has 4 heteroatoms. The van der Waals surface area contributed by atoms with Crippen molar-refractivity contribution < 1.29 is 18.3 Å². The molecule has 2 nitrogen and oxygen atoms in total. The number of halogens is 2. The van der Waals surface area contributed by atoms with Gasteiger partial charge in [0.15, 0.2) is 6.29 Å². The molecule has 0 amide bonds. The summed E-state index contributed by atoms with van der Waals surface area (Å²) in [6.45, 7) is 3.89. The van der Waals surface area contributed by atoms with Crippen molar-refractivity contribution >= 4 is 0 Å². The van der Waals surface area contributed by atoms with Gasteiger partial charge in [0.05, 0.1) is 13.2 Å². The molecule has 0 spiro atoms. The van der Waals surface area contributed by atoms with Gasteiger partial charge < -0.3 is 9.47 Å². The number of rotatable bonds is 7. The number of ether oxygens (including phenoxy) is 2. The third-order valence-electron chi connectivity index (χ3n) is 9.53. The SMILES string of the molecule is CC=CC1CCC(C2CCC(C3COC(C4CCC(CCC=C(F)F)CC4)OC3)CC2)CC1. The summed E-state index contributed by atoms with van der Waals surface area (Å²) in [4.78, 5) is 0. The second-order valence-corrected chi connectivity index (χ2v) is 11.5. The fourth-order valence-electron chi connectivity index (χ4n) is 7.42. The molecule has 0 unspecified atom stereocenters. The van der Waals surface area contributed by atoms with Crippen LogP contribution in [0.4, 0.5) is 8.78 Å². The maximum Gasteiger partial charge on any atom is 0.266 e. The molecule has 1 heterocycles. The Labute approximate surface area is 200 Å². The van der Waals surface area contributed by atoms with E-state index in [2.05, 4.69) is 19.1 Å². The monoisotopic (exact) mass is 464 g/mol. The second-order valence-electron chi connectivity index (χ2n) is 11.5. The second kappa shape index (κ2) is 12.8. The average Bonchev–Trinajstić information content (AvgIpc) is 2.85. The summed E-state index contributed by atoms with van der Waals surface area (Å²) in [6, 6.07) is 0. The van der Waals surface area contributed by atoms with Crippen molar-refractivity contribution in [3.8, 4) is 0 Å². The van der Waals surface area contributed by atoms with E-state index in [1.54, 1.807) is 0 Å². The molecule has 1 saturated heterocycles. The van der Waals surface area contributed by atoms with Gasteiger partial charge in [0.25, 0.3) is 6.08 Å². The van der Waals surface area contributed by atoms with Crippen molar-refractivity contribution in [2.75, 3.05) is 13.2 Å². The maximum atomic E-state index is 12.2. The van der Waals surface area contributed by atoms with Crippen LogP contribution >= 0.6 is 0 Å². The largest absolute Gasteiger partial charge is 0.352 e. The van der Waals surface area contributed by atoms with Crippen LogP contribution < -0.4 is 0 Å². The lowest BCUT2D eigenvalue weighted by Gasteiger charge is -2.42. The standard InChI is InChI=1S/C29H46F2O2/c1-2-4-21-7-11-23(12-8-21)24-15-17-25(18-16-24)27-19-32-29(33-20-27)26-13-9-22(10-14-26)5-3-6-28(30)31/h2,4,6,21-27,29H,3,5,7-20H2,1H3. The normalized spacial score (nSPS) is 40.6. The Morgan fingerprint density at radius 1 is 0.697 bits per heavy atom. The number of hydrogen-bond acceptors (Lipinski definition) is 2. The lowest BCUT2D eigenvalue weighted by atomic mass is 9.67. The van der Waals surface area contributed by atoms with Crippen LogP contribution in [-0.4, -0.2) is 19.5 Å². The molecule has 0 N–H and O–H groups in total. The number of allylic oxidation sites excluding steroid dienone is 3. The minimum Gasteiger partial charge on any atom is -0.352 e. The summed E-state index contributed by atoms with van der Waals surface area (Å²) in [5, 5.41) is 0. The Hall–Kier alpha value is -0.740. The Balaban J connectivity index is 1.11. The van der Waals surface area contributed by atoms with E-state index in [0.717, 1.165) is 75.1 Å². The van der Waals surface area contributed by atoms with Gasteiger partial charge in [-0.2, -0.15) is 8.78 Å². The van der Waals surface area contributed by atoms with Gasteiger partial charge in [-0.15, -0.1) is 0 Å². The third kappa shape index (κ3) is 7.37. The Morgan fingerprint density at radius 2 is 1.21 bits per heavy atom. The summed E-state index contributed by atoms with van der Waals surface area (Å²) in [5.41, 5.74) is 0. The van der Waals surface area contributed by atoms with Crippen LogP contribution in [0.25, 0.3) is 0 Å². The molecule has 0 bridgehead atoms. The zero-order valence-corrected chi connectivity index (χ0v) is 20.7. The minimum atomic E-state index is -1.54. The third-order valence-corrected chi connectivity index (χ3v) is 9.53. The van der Waals surface area contributed by atoms with Gasteiger partial charge >= 0.3 is 0 Å². The van der Waals surface area contributed by atoms with Gasteiger partial charge in [0.2, 0.25) is 0 Å². The van der Waals surface area contributed by atoms with Crippen molar-refractivity contribution in [1.29, 1.82) is 0 Å². The van der Waals surface area contributed by atoms with Gasteiger partial charge in [-0.25, -0.2) is 0 Å². The zero-order valence-electron chi connectivity index (χ0n) is 20.7. The van der Waals surface area contributed by atoms with E-state index >= 15 is 0 Å². The molecular formula is C29H46F2O2. The molecule has 188 valence electrons. The molecule has 0 radical (unpaired) electrons. The van der Waals surface area contributed by atoms with Crippen LogP contribution in [0.5, 0.6) is 0 Å². The summed E-state index contributed by atoms with van der Waals surface area (Å²) in [6.07, 6.45) is 21.2.